The smallest absolute Gasteiger partial charge is 0.324 e. The molecule has 0 radical (unpaired) electrons. The minimum Gasteiger partial charge on any atom is -0.468 e. The number of carbonyl (C=O) groups is 1. The van der Waals surface area contributed by atoms with Crippen molar-refractivity contribution in [1.29, 1.82) is 0 Å². The van der Waals surface area contributed by atoms with Crippen LogP contribution in [0.2, 0.25) is 0 Å². The molecule has 4 nitrogen and oxygen atoms in total. The second kappa shape index (κ2) is 7.38. The molecule has 1 saturated heterocycles. The van der Waals surface area contributed by atoms with Crippen molar-refractivity contribution in [2.45, 2.75) is 19.0 Å². The highest BCUT2D eigenvalue weighted by atomic mass is 35.5. The lowest BCUT2D eigenvalue weighted by Crippen LogP contribution is -2.58. The predicted molar refractivity (Wildman–Crippen MR) is 55.8 cm³/mol. The molecule has 0 saturated carbocycles. The van der Waals surface area contributed by atoms with E-state index in [0.29, 0.717) is 0 Å². The third kappa shape index (κ3) is 4.13. The molecule has 2 N–H and O–H groups in total. The predicted octanol–water partition coefficient (Wildman–Crippen LogP) is -0.0471. The lowest BCUT2D eigenvalue weighted by molar-refractivity contribution is -0.144. The number of methoxy groups -OCH3 is 1. The number of piperazine rings is 1. The van der Waals surface area contributed by atoms with Crippen LogP contribution in [0.15, 0.2) is 0 Å². The van der Waals surface area contributed by atoms with Gasteiger partial charge in [0.05, 0.1) is 7.11 Å². The van der Waals surface area contributed by atoms with Crippen LogP contribution >= 0.6 is 24.8 Å². The zero-order chi connectivity index (χ0) is 8.27. The van der Waals surface area contributed by atoms with Gasteiger partial charge in [0.15, 0.2) is 0 Å². The number of nitrogens with one attached hydrogen (secondary N) is 2. The molecule has 0 aliphatic carbocycles. The van der Waals surface area contributed by atoms with E-state index >= 15 is 0 Å². The van der Waals surface area contributed by atoms with E-state index in [1.54, 1.807) is 0 Å². The quantitative estimate of drug-likeness (QED) is 0.621. The molecule has 0 spiro atoms. The van der Waals surface area contributed by atoms with Crippen LogP contribution in [0.4, 0.5) is 0 Å². The lowest BCUT2D eigenvalue weighted by Gasteiger charge is -2.28. The van der Waals surface area contributed by atoms with Gasteiger partial charge in [-0.2, -0.15) is 0 Å². The van der Waals surface area contributed by atoms with Crippen molar-refractivity contribution in [2.24, 2.45) is 0 Å². The molecule has 2 atom stereocenters. The van der Waals surface area contributed by atoms with E-state index in [9.17, 15) is 4.79 Å². The summed E-state index contributed by atoms with van der Waals surface area (Å²) in [4.78, 5) is 11.1. The largest absolute Gasteiger partial charge is 0.468 e. The summed E-state index contributed by atoms with van der Waals surface area (Å²) in [5.74, 6) is -0.190. The Kier molecular flexibility index (Phi) is 8.77. The Labute approximate surface area is 90.6 Å². The molecule has 1 rings (SSSR count). The van der Waals surface area contributed by atoms with Gasteiger partial charge in [-0.1, -0.05) is 0 Å². The standard InChI is InChI=1S/C7H14N2O2.2ClH/c1-5-6(7(10)11-2)9-4-3-8-5;;/h5-6,8-9H,3-4H2,1-2H3;2*1H/t5-,6-;;/m1../s1. The van der Waals surface area contributed by atoms with Gasteiger partial charge in [-0.3, -0.25) is 4.79 Å². The highest BCUT2D eigenvalue weighted by Gasteiger charge is 2.27. The van der Waals surface area contributed by atoms with Crippen molar-refractivity contribution in [3.63, 3.8) is 0 Å². The van der Waals surface area contributed by atoms with E-state index in [4.69, 9.17) is 0 Å². The minimum atomic E-state index is -0.190. The van der Waals surface area contributed by atoms with Crippen molar-refractivity contribution in [3.8, 4) is 0 Å². The van der Waals surface area contributed by atoms with Gasteiger partial charge in [-0.15, -0.1) is 24.8 Å². The van der Waals surface area contributed by atoms with Gasteiger partial charge in [0.1, 0.15) is 6.04 Å². The highest BCUT2D eigenvalue weighted by Crippen LogP contribution is 1.98. The van der Waals surface area contributed by atoms with Gasteiger partial charge >= 0.3 is 5.97 Å². The van der Waals surface area contributed by atoms with Crippen molar-refractivity contribution in [2.75, 3.05) is 20.2 Å². The molecule has 0 unspecified atom stereocenters. The molecule has 80 valence electrons. The van der Waals surface area contributed by atoms with Gasteiger partial charge in [-0.05, 0) is 6.92 Å². The van der Waals surface area contributed by atoms with Gasteiger partial charge in [0.25, 0.3) is 0 Å². The monoisotopic (exact) mass is 230 g/mol. The molecule has 0 aromatic heterocycles. The Bertz CT molecular complexity index is 157. The highest BCUT2D eigenvalue weighted by molar-refractivity contribution is 5.85. The number of esters is 1. The molecule has 1 aliphatic heterocycles. The SMILES string of the molecule is COC(=O)[C@@H]1NCCN[C@@H]1C.Cl.Cl. The first-order chi connectivity index (χ1) is 5.25. The van der Waals surface area contributed by atoms with Crippen molar-refractivity contribution >= 4 is 30.8 Å². The Morgan fingerprint density at radius 2 is 1.85 bits per heavy atom. The third-order valence-corrected chi connectivity index (χ3v) is 1.91. The summed E-state index contributed by atoms with van der Waals surface area (Å²) < 4.78 is 4.62. The van der Waals surface area contributed by atoms with Gasteiger partial charge in [0, 0.05) is 19.1 Å². The topological polar surface area (TPSA) is 50.4 Å². The summed E-state index contributed by atoms with van der Waals surface area (Å²) in [6.07, 6.45) is 0. The average Bonchev–Trinajstić information content (AvgIpc) is 2.04. The van der Waals surface area contributed by atoms with Gasteiger partial charge in [-0.25, -0.2) is 0 Å². The van der Waals surface area contributed by atoms with Crippen molar-refractivity contribution in [1.82, 2.24) is 10.6 Å². The van der Waals surface area contributed by atoms with Crippen LogP contribution in [0.5, 0.6) is 0 Å². The van der Waals surface area contributed by atoms with E-state index in [1.807, 2.05) is 6.92 Å². The third-order valence-electron chi connectivity index (χ3n) is 1.91. The fourth-order valence-corrected chi connectivity index (χ4v) is 1.24. The summed E-state index contributed by atoms with van der Waals surface area (Å²) in [5, 5.41) is 6.27. The van der Waals surface area contributed by atoms with Crippen LogP contribution in [0.3, 0.4) is 0 Å². The molecule has 1 heterocycles. The first-order valence-corrected chi connectivity index (χ1v) is 3.80. The minimum absolute atomic E-state index is 0. The van der Waals surface area contributed by atoms with E-state index in [1.165, 1.54) is 7.11 Å². The van der Waals surface area contributed by atoms with Crippen molar-refractivity contribution < 1.29 is 9.53 Å². The zero-order valence-electron chi connectivity index (χ0n) is 7.70. The number of hydrogen-bond donors (Lipinski definition) is 2. The van der Waals surface area contributed by atoms with E-state index in [2.05, 4.69) is 15.4 Å². The van der Waals surface area contributed by atoms with Crippen LogP contribution in [0.25, 0.3) is 0 Å². The molecule has 6 heteroatoms. The van der Waals surface area contributed by atoms with E-state index in [-0.39, 0.29) is 42.9 Å². The first-order valence-electron chi connectivity index (χ1n) is 3.80. The molecule has 0 aromatic rings. The van der Waals surface area contributed by atoms with Crippen LogP contribution in [0, 0.1) is 0 Å². The second-order valence-electron chi connectivity index (χ2n) is 2.70. The van der Waals surface area contributed by atoms with Crippen LogP contribution < -0.4 is 10.6 Å². The maximum absolute atomic E-state index is 11.1. The molecule has 0 amide bonds. The summed E-state index contributed by atoms with van der Waals surface area (Å²) in [5.41, 5.74) is 0. The van der Waals surface area contributed by atoms with Gasteiger partial charge < -0.3 is 15.4 Å². The maximum Gasteiger partial charge on any atom is 0.324 e. The van der Waals surface area contributed by atoms with Crippen LogP contribution in [-0.2, 0) is 9.53 Å². The Balaban J connectivity index is 0. The molecule has 0 bridgehead atoms. The van der Waals surface area contributed by atoms with E-state index < -0.39 is 0 Å². The second-order valence-corrected chi connectivity index (χ2v) is 2.70. The number of halogens is 2. The number of ether oxygens (including phenoxy) is 1. The molecule has 0 aromatic carbocycles. The molecule has 1 fully saturated rings. The summed E-state index contributed by atoms with van der Waals surface area (Å²) in [7, 11) is 1.41. The number of rotatable bonds is 1. The summed E-state index contributed by atoms with van der Waals surface area (Å²) in [6, 6.07) is -0.0232. The summed E-state index contributed by atoms with van der Waals surface area (Å²) in [6.45, 7) is 3.70. The maximum atomic E-state index is 11.1. The fourth-order valence-electron chi connectivity index (χ4n) is 1.24. The van der Waals surface area contributed by atoms with Gasteiger partial charge in [0.2, 0.25) is 0 Å². The zero-order valence-corrected chi connectivity index (χ0v) is 9.33. The number of carbonyl (C=O) groups excluding carboxylic acids is 1. The van der Waals surface area contributed by atoms with Crippen molar-refractivity contribution in [3.05, 3.63) is 0 Å². The normalized spacial score (nSPS) is 26.6. The number of hydrogen-bond acceptors (Lipinski definition) is 4. The Morgan fingerprint density at radius 1 is 1.31 bits per heavy atom. The summed E-state index contributed by atoms with van der Waals surface area (Å²) >= 11 is 0. The Hall–Kier alpha value is -0.0300. The molecular weight excluding hydrogens is 215 g/mol. The first kappa shape index (κ1) is 15.4. The van der Waals surface area contributed by atoms with E-state index in [0.717, 1.165) is 13.1 Å². The average molecular weight is 231 g/mol. The lowest BCUT2D eigenvalue weighted by atomic mass is 10.1. The van der Waals surface area contributed by atoms with Crippen LogP contribution in [0.1, 0.15) is 6.92 Å². The van der Waals surface area contributed by atoms with Crippen LogP contribution in [-0.4, -0.2) is 38.3 Å². The molecule has 1 aliphatic rings. The molecular formula is C7H16Cl2N2O2. The fraction of sp³-hybridized carbons (Fsp3) is 0.857. The molecule has 13 heavy (non-hydrogen) atoms. The Morgan fingerprint density at radius 3 is 2.31 bits per heavy atom.